The number of halogens is 3. The first kappa shape index (κ1) is 20.9. The number of nitriles is 1. The van der Waals surface area contributed by atoms with E-state index in [-0.39, 0.29) is 17.0 Å². The molecule has 1 heterocycles. The van der Waals surface area contributed by atoms with Crippen molar-refractivity contribution in [3.63, 3.8) is 0 Å². The van der Waals surface area contributed by atoms with Crippen molar-refractivity contribution in [2.75, 3.05) is 11.4 Å². The van der Waals surface area contributed by atoms with Crippen molar-refractivity contribution in [2.45, 2.75) is 45.8 Å². The molecule has 1 aromatic heterocycles. The maximum absolute atomic E-state index is 13.5. The highest BCUT2D eigenvalue weighted by Gasteiger charge is 2.38. The minimum Gasteiger partial charge on any atom is -0.365 e. The molecule has 0 saturated heterocycles. The number of aromatic nitrogens is 1. The molecule has 0 radical (unpaired) electrons. The van der Waals surface area contributed by atoms with Crippen LogP contribution in [-0.2, 0) is 6.18 Å². The fourth-order valence-electron chi connectivity index (χ4n) is 3.99. The molecule has 0 amide bonds. The zero-order valence-corrected chi connectivity index (χ0v) is 16.8. The fraction of sp³-hybridized carbons (Fsp3) is 0.391. The lowest BCUT2D eigenvalue weighted by molar-refractivity contribution is -0.137. The maximum atomic E-state index is 13.5. The van der Waals surface area contributed by atoms with Crippen molar-refractivity contribution >= 4 is 11.3 Å². The second kappa shape index (κ2) is 7.90. The summed E-state index contributed by atoms with van der Waals surface area (Å²) in [6.45, 7) is 6.78. The minimum atomic E-state index is -4.57. The number of hydrogen-bond acceptors (Lipinski definition) is 3. The highest BCUT2D eigenvalue weighted by atomic mass is 19.4. The van der Waals surface area contributed by atoms with Crippen LogP contribution in [0.1, 0.15) is 50.3 Å². The van der Waals surface area contributed by atoms with Crippen LogP contribution < -0.4 is 4.90 Å². The number of allylic oxidation sites excluding steroid dienone is 1. The lowest BCUT2D eigenvalue weighted by Gasteiger charge is -2.45. The van der Waals surface area contributed by atoms with Gasteiger partial charge in [0.05, 0.1) is 23.2 Å². The van der Waals surface area contributed by atoms with Gasteiger partial charge in [-0.05, 0) is 60.6 Å². The van der Waals surface area contributed by atoms with Crippen molar-refractivity contribution in [3.05, 3.63) is 65.5 Å². The van der Waals surface area contributed by atoms with Crippen LogP contribution >= 0.6 is 0 Å². The molecule has 2 aromatic rings. The van der Waals surface area contributed by atoms with Crippen molar-refractivity contribution in [1.29, 1.82) is 5.26 Å². The zero-order valence-electron chi connectivity index (χ0n) is 16.8. The van der Waals surface area contributed by atoms with Crippen molar-refractivity contribution in [3.8, 4) is 6.07 Å². The van der Waals surface area contributed by atoms with Crippen molar-refractivity contribution in [2.24, 2.45) is 5.41 Å². The van der Waals surface area contributed by atoms with Crippen LogP contribution in [0.3, 0.4) is 0 Å². The van der Waals surface area contributed by atoms with Gasteiger partial charge < -0.3 is 4.90 Å². The van der Waals surface area contributed by atoms with E-state index in [0.29, 0.717) is 12.2 Å². The Bertz CT molecular complexity index is 940. The van der Waals surface area contributed by atoms with E-state index in [2.05, 4.69) is 24.9 Å². The molecule has 1 aliphatic rings. The lowest BCUT2D eigenvalue weighted by atomic mass is 9.72. The van der Waals surface area contributed by atoms with Crippen molar-refractivity contribution in [1.82, 2.24) is 4.98 Å². The lowest BCUT2D eigenvalue weighted by Crippen LogP contribution is -2.46. The van der Waals surface area contributed by atoms with Crippen LogP contribution in [0.2, 0.25) is 0 Å². The van der Waals surface area contributed by atoms with Gasteiger partial charge in [-0.25, -0.2) is 0 Å². The first-order valence-corrected chi connectivity index (χ1v) is 9.66. The van der Waals surface area contributed by atoms with E-state index in [1.54, 1.807) is 18.3 Å². The number of nitrogens with zero attached hydrogens (tertiary/aromatic N) is 3. The molecule has 3 rings (SSSR count). The van der Waals surface area contributed by atoms with Crippen LogP contribution in [0.5, 0.6) is 0 Å². The molecule has 1 aromatic carbocycles. The summed E-state index contributed by atoms with van der Waals surface area (Å²) in [6.07, 6.45) is 2.95. The normalized spacial score (nSPS) is 18.7. The Morgan fingerprint density at radius 2 is 2.03 bits per heavy atom. The molecular formula is C23H24F3N3. The summed E-state index contributed by atoms with van der Waals surface area (Å²) in [5.74, 6) is 0. The predicted octanol–water partition coefficient (Wildman–Crippen LogP) is 6.07. The van der Waals surface area contributed by atoms with E-state index < -0.39 is 11.7 Å². The summed E-state index contributed by atoms with van der Waals surface area (Å²) in [4.78, 5) is 6.18. The third-order valence-electron chi connectivity index (χ3n) is 5.67. The Kier molecular flexibility index (Phi) is 5.70. The predicted molar refractivity (Wildman–Crippen MR) is 108 cm³/mol. The van der Waals surface area contributed by atoms with Gasteiger partial charge in [0.25, 0.3) is 0 Å². The van der Waals surface area contributed by atoms with E-state index in [0.717, 1.165) is 30.0 Å². The molecule has 0 aliphatic heterocycles. The highest BCUT2D eigenvalue weighted by Crippen LogP contribution is 2.43. The van der Waals surface area contributed by atoms with Crippen LogP contribution in [-0.4, -0.2) is 17.6 Å². The average molecular weight is 399 g/mol. The van der Waals surface area contributed by atoms with Gasteiger partial charge in [-0.15, -0.1) is 0 Å². The SMILES string of the molecule is CCN(c1ccc(C#N)c(C(F)(F)F)c1)C1C=C(c2cccnc2)CCC1(C)C. The quantitative estimate of drug-likeness (QED) is 0.626. The molecule has 0 bridgehead atoms. The Hall–Kier alpha value is -2.81. The zero-order chi connectivity index (χ0) is 21.2. The summed E-state index contributed by atoms with van der Waals surface area (Å²) in [6, 6.07) is 9.45. The van der Waals surface area contributed by atoms with Gasteiger partial charge in [0.1, 0.15) is 0 Å². The molecule has 0 spiro atoms. The number of pyridine rings is 1. The molecule has 0 fully saturated rings. The molecule has 0 saturated carbocycles. The molecular weight excluding hydrogens is 375 g/mol. The summed E-state index contributed by atoms with van der Waals surface area (Å²) in [5, 5.41) is 9.08. The molecule has 152 valence electrons. The second-order valence-electron chi connectivity index (χ2n) is 7.99. The second-order valence-corrected chi connectivity index (χ2v) is 7.99. The highest BCUT2D eigenvalue weighted by molar-refractivity contribution is 5.68. The Morgan fingerprint density at radius 1 is 1.28 bits per heavy atom. The first-order chi connectivity index (χ1) is 13.7. The Labute approximate surface area is 169 Å². The van der Waals surface area contributed by atoms with Gasteiger partial charge in [0.15, 0.2) is 0 Å². The van der Waals surface area contributed by atoms with Gasteiger partial charge in [-0.1, -0.05) is 26.0 Å². The summed E-state index contributed by atoms with van der Waals surface area (Å²) < 4.78 is 40.4. The van der Waals surface area contributed by atoms with Crippen LogP contribution in [0.15, 0.2) is 48.8 Å². The largest absolute Gasteiger partial charge is 0.417 e. The molecule has 1 unspecified atom stereocenters. The third-order valence-corrected chi connectivity index (χ3v) is 5.67. The molecule has 0 N–H and O–H groups in total. The van der Waals surface area contributed by atoms with E-state index in [9.17, 15) is 13.2 Å². The van der Waals surface area contributed by atoms with Crippen LogP contribution in [0.25, 0.3) is 5.57 Å². The van der Waals surface area contributed by atoms with Gasteiger partial charge >= 0.3 is 6.18 Å². The van der Waals surface area contributed by atoms with E-state index in [1.807, 2.05) is 30.2 Å². The van der Waals surface area contributed by atoms with Gasteiger partial charge in [0.2, 0.25) is 0 Å². The molecule has 1 aliphatic carbocycles. The van der Waals surface area contributed by atoms with Crippen molar-refractivity contribution < 1.29 is 13.2 Å². The number of likely N-dealkylation sites (N-methyl/N-ethyl adjacent to an activating group) is 1. The molecule has 1 atom stereocenters. The van der Waals surface area contributed by atoms with Crippen LogP contribution in [0.4, 0.5) is 18.9 Å². The maximum Gasteiger partial charge on any atom is 0.417 e. The number of rotatable bonds is 4. The molecule has 6 heteroatoms. The number of hydrogen-bond donors (Lipinski definition) is 0. The summed E-state index contributed by atoms with van der Waals surface area (Å²) in [7, 11) is 0. The third kappa shape index (κ3) is 4.29. The number of anilines is 1. The monoisotopic (exact) mass is 399 g/mol. The number of alkyl halides is 3. The smallest absolute Gasteiger partial charge is 0.365 e. The van der Waals surface area contributed by atoms with Crippen LogP contribution in [0, 0.1) is 16.7 Å². The average Bonchev–Trinajstić information content (AvgIpc) is 2.69. The van der Waals surface area contributed by atoms with E-state index in [4.69, 9.17) is 5.26 Å². The Balaban J connectivity index is 2.07. The Morgan fingerprint density at radius 3 is 2.62 bits per heavy atom. The summed E-state index contributed by atoms with van der Waals surface area (Å²) >= 11 is 0. The molecule has 29 heavy (non-hydrogen) atoms. The van der Waals surface area contributed by atoms with E-state index >= 15 is 0 Å². The van der Waals surface area contributed by atoms with Gasteiger partial charge in [-0.3, -0.25) is 4.98 Å². The molecule has 3 nitrogen and oxygen atoms in total. The minimum absolute atomic E-state index is 0.0783. The first-order valence-electron chi connectivity index (χ1n) is 9.66. The van der Waals surface area contributed by atoms with Gasteiger partial charge in [0, 0.05) is 24.6 Å². The van der Waals surface area contributed by atoms with E-state index in [1.165, 1.54) is 6.07 Å². The summed E-state index contributed by atoms with van der Waals surface area (Å²) in [5.41, 5.74) is 1.31. The topological polar surface area (TPSA) is 39.9 Å². The number of benzene rings is 1. The fourth-order valence-corrected chi connectivity index (χ4v) is 3.99. The van der Waals surface area contributed by atoms with Gasteiger partial charge in [-0.2, -0.15) is 18.4 Å². The standard InChI is InChI=1S/C23H24F3N3/c1-4-29(19-8-7-17(14-27)20(13-19)23(24,25)26)21-12-16(9-10-22(21,2)3)18-6-5-11-28-15-18/h5-8,11-13,15,21H,4,9-10H2,1-3H3.